The van der Waals surface area contributed by atoms with Crippen LogP contribution in [0.2, 0.25) is 0 Å². The molecule has 0 rings (SSSR count). The third-order valence-electron chi connectivity index (χ3n) is 2.55. The fourth-order valence-electron chi connectivity index (χ4n) is 1.58. The minimum atomic E-state index is 0.107. The molecular weight excluding hydrogens is 216 g/mol. The highest BCUT2D eigenvalue weighted by Crippen LogP contribution is 1.97. The van der Waals surface area contributed by atoms with E-state index in [9.17, 15) is 9.59 Å². The molecule has 4 heteroatoms. The molecule has 0 heterocycles. The van der Waals surface area contributed by atoms with Crippen molar-refractivity contribution in [3.8, 4) is 0 Å². The normalized spacial score (nSPS) is 10.6. The zero-order chi connectivity index (χ0) is 13.1. The van der Waals surface area contributed by atoms with Crippen molar-refractivity contribution in [1.82, 2.24) is 10.2 Å². The molecule has 0 aromatic rings. The smallest absolute Gasteiger partial charge is 0.221 e. The molecule has 0 aromatic carbocycles. The number of nitrogens with zero attached hydrogens (tertiary/aromatic N) is 1. The molecule has 0 aromatic heterocycles. The van der Waals surface area contributed by atoms with Crippen molar-refractivity contribution < 1.29 is 9.59 Å². The van der Waals surface area contributed by atoms with Crippen molar-refractivity contribution in [3.05, 3.63) is 0 Å². The Morgan fingerprint density at radius 2 is 1.65 bits per heavy atom. The summed E-state index contributed by atoms with van der Waals surface area (Å²) in [6, 6.07) is 0. The zero-order valence-corrected chi connectivity index (χ0v) is 11.4. The molecule has 100 valence electrons. The molecule has 0 fully saturated rings. The Morgan fingerprint density at radius 3 is 2.18 bits per heavy atom. The number of Topliss-reactive ketones (excluding diaryl/α,β-unsaturated/α-hetero) is 1. The molecule has 0 spiro atoms. The maximum absolute atomic E-state index is 11.4. The van der Waals surface area contributed by atoms with Crippen LogP contribution < -0.4 is 5.32 Å². The van der Waals surface area contributed by atoms with Gasteiger partial charge in [-0.25, -0.2) is 0 Å². The number of ketones is 1. The number of amides is 1. The minimum Gasteiger partial charge on any atom is -0.356 e. The Hall–Kier alpha value is -0.900. The van der Waals surface area contributed by atoms with Crippen LogP contribution in [0.25, 0.3) is 0 Å². The molecule has 1 N–H and O–H groups in total. The van der Waals surface area contributed by atoms with E-state index in [0.29, 0.717) is 12.8 Å². The Morgan fingerprint density at radius 1 is 1.00 bits per heavy atom. The van der Waals surface area contributed by atoms with Crippen LogP contribution >= 0.6 is 0 Å². The Kier molecular flexibility index (Phi) is 9.72. The standard InChI is InChI=1S/C13H26N2O2/c1-4-8-14-13(17)7-11-15(9-5-2)10-6-12(3)16/h4-11H2,1-3H3,(H,14,17). The van der Waals surface area contributed by atoms with E-state index in [-0.39, 0.29) is 11.7 Å². The lowest BCUT2D eigenvalue weighted by molar-refractivity contribution is -0.121. The molecule has 0 atom stereocenters. The summed E-state index contributed by atoms with van der Waals surface area (Å²) in [6.45, 7) is 8.97. The van der Waals surface area contributed by atoms with Gasteiger partial charge < -0.3 is 10.2 Å². The van der Waals surface area contributed by atoms with Crippen LogP contribution in [0.3, 0.4) is 0 Å². The third-order valence-corrected chi connectivity index (χ3v) is 2.55. The Labute approximate surface area is 105 Å². The molecule has 0 unspecified atom stereocenters. The average molecular weight is 242 g/mol. The van der Waals surface area contributed by atoms with Gasteiger partial charge in [0, 0.05) is 32.5 Å². The van der Waals surface area contributed by atoms with Crippen LogP contribution in [0.15, 0.2) is 0 Å². The highest BCUT2D eigenvalue weighted by Gasteiger charge is 2.08. The first kappa shape index (κ1) is 16.1. The van der Waals surface area contributed by atoms with Crippen molar-refractivity contribution in [3.63, 3.8) is 0 Å². The van der Waals surface area contributed by atoms with E-state index >= 15 is 0 Å². The molecule has 1 amide bonds. The molecule has 0 saturated carbocycles. The van der Waals surface area contributed by atoms with Gasteiger partial charge >= 0.3 is 0 Å². The summed E-state index contributed by atoms with van der Waals surface area (Å²) in [5, 5.41) is 2.86. The molecule has 0 aliphatic rings. The second-order valence-electron chi connectivity index (χ2n) is 4.39. The van der Waals surface area contributed by atoms with E-state index < -0.39 is 0 Å². The number of carbonyl (C=O) groups excluding carboxylic acids is 2. The minimum absolute atomic E-state index is 0.107. The van der Waals surface area contributed by atoms with Crippen LogP contribution in [0.4, 0.5) is 0 Å². The quantitative estimate of drug-likeness (QED) is 0.633. The van der Waals surface area contributed by atoms with Gasteiger partial charge in [0.1, 0.15) is 5.78 Å². The monoisotopic (exact) mass is 242 g/mol. The van der Waals surface area contributed by atoms with E-state index in [0.717, 1.165) is 39.0 Å². The summed E-state index contributed by atoms with van der Waals surface area (Å²) in [5.74, 6) is 0.317. The van der Waals surface area contributed by atoms with E-state index in [4.69, 9.17) is 0 Å². The van der Waals surface area contributed by atoms with Gasteiger partial charge in [0.05, 0.1) is 0 Å². The molecule has 0 radical (unpaired) electrons. The van der Waals surface area contributed by atoms with Gasteiger partial charge in [-0.15, -0.1) is 0 Å². The van der Waals surface area contributed by atoms with Gasteiger partial charge in [-0.2, -0.15) is 0 Å². The number of carbonyl (C=O) groups is 2. The van der Waals surface area contributed by atoms with Crippen molar-refractivity contribution in [2.75, 3.05) is 26.2 Å². The fourth-order valence-corrected chi connectivity index (χ4v) is 1.58. The Balaban J connectivity index is 3.82. The van der Waals surface area contributed by atoms with E-state index in [2.05, 4.69) is 17.1 Å². The van der Waals surface area contributed by atoms with Crippen LogP contribution in [-0.2, 0) is 9.59 Å². The molecule has 0 aliphatic heterocycles. The van der Waals surface area contributed by atoms with E-state index in [1.54, 1.807) is 6.92 Å². The molecule has 4 nitrogen and oxygen atoms in total. The number of nitrogens with one attached hydrogen (secondary N) is 1. The van der Waals surface area contributed by atoms with Crippen LogP contribution in [0.1, 0.15) is 46.5 Å². The van der Waals surface area contributed by atoms with Crippen molar-refractivity contribution >= 4 is 11.7 Å². The SMILES string of the molecule is CCCNC(=O)CCN(CCC)CCC(C)=O. The van der Waals surface area contributed by atoms with Gasteiger partial charge in [0.15, 0.2) is 0 Å². The van der Waals surface area contributed by atoms with Crippen molar-refractivity contribution in [2.45, 2.75) is 46.5 Å². The van der Waals surface area contributed by atoms with E-state index in [1.807, 2.05) is 6.92 Å². The molecule has 0 aliphatic carbocycles. The molecular formula is C13H26N2O2. The largest absolute Gasteiger partial charge is 0.356 e. The van der Waals surface area contributed by atoms with Crippen molar-refractivity contribution in [2.24, 2.45) is 0 Å². The lowest BCUT2D eigenvalue weighted by atomic mass is 10.2. The Bertz CT molecular complexity index is 229. The first-order valence-electron chi connectivity index (χ1n) is 6.58. The highest BCUT2D eigenvalue weighted by molar-refractivity contribution is 5.76. The van der Waals surface area contributed by atoms with Gasteiger partial charge in [0.2, 0.25) is 5.91 Å². The topological polar surface area (TPSA) is 49.4 Å². The summed E-state index contributed by atoms with van der Waals surface area (Å²) in [5.41, 5.74) is 0. The lowest BCUT2D eigenvalue weighted by Crippen LogP contribution is -2.32. The average Bonchev–Trinajstić information content (AvgIpc) is 2.29. The zero-order valence-electron chi connectivity index (χ0n) is 11.4. The summed E-state index contributed by atoms with van der Waals surface area (Å²) < 4.78 is 0. The highest BCUT2D eigenvalue weighted by atomic mass is 16.1. The predicted octanol–water partition coefficient (Wildman–Crippen LogP) is 1.59. The first-order chi connectivity index (χ1) is 8.10. The van der Waals surface area contributed by atoms with Gasteiger partial charge in [-0.3, -0.25) is 9.59 Å². The predicted molar refractivity (Wildman–Crippen MR) is 69.9 cm³/mol. The fraction of sp³-hybridized carbons (Fsp3) is 0.846. The van der Waals surface area contributed by atoms with Crippen LogP contribution in [0.5, 0.6) is 0 Å². The van der Waals surface area contributed by atoms with Crippen LogP contribution in [-0.4, -0.2) is 42.8 Å². The van der Waals surface area contributed by atoms with Gasteiger partial charge in [-0.05, 0) is 26.3 Å². The number of hydrogen-bond acceptors (Lipinski definition) is 3. The van der Waals surface area contributed by atoms with Gasteiger partial charge in [-0.1, -0.05) is 13.8 Å². The molecule has 0 saturated heterocycles. The van der Waals surface area contributed by atoms with Crippen molar-refractivity contribution in [1.29, 1.82) is 0 Å². The first-order valence-corrected chi connectivity index (χ1v) is 6.58. The second-order valence-corrected chi connectivity index (χ2v) is 4.39. The maximum Gasteiger partial charge on any atom is 0.221 e. The summed E-state index contributed by atoms with van der Waals surface area (Å²) in [4.78, 5) is 24.6. The maximum atomic E-state index is 11.4. The second kappa shape index (κ2) is 10.3. The van der Waals surface area contributed by atoms with Gasteiger partial charge in [0.25, 0.3) is 0 Å². The third kappa shape index (κ3) is 10.00. The lowest BCUT2D eigenvalue weighted by Gasteiger charge is -2.20. The summed E-state index contributed by atoms with van der Waals surface area (Å²) in [6.07, 6.45) is 3.12. The summed E-state index contributed by atoms with van der Waals surface area (Å²) >= 11 is 0. The molecule has 0 bridgehead atoms. The summed E-state index contributed by atoms with van der Waals surface area (Å²) in [7, 11) is 0. The van der Waals surface area contributed by atoms with E-state index in [1.165, 1.54) is 0 Å². The van der Waals surface area contributed by atoms with Crippen LogP contribution in [0, 0.1) is 0 Å². The number of hydrogen-bond donors (Lipinski definition) is 1. The molecule has 17 heavy (non-hydrogen) atoms. The number of rotatable bonds is 10.